The standard InChI is InChI=1S/C17H15N7OS/c18-8-12-14(13-5-2-6-26-13)22-17(23-16(12)25)21-9-10-3-1-4-11(7-10)15(19)24-20/h1-7H,9,20H2,(H2,19,24)(H2,21,22,23,25). The number of nitrogens with one attached hydrogen (secondary N) is 2. The lowest BCUT2D eigenvalue weighted by molar-refractivity contribution is 1.03. The van der Waals surface area contributed by atoms with Gasteiger partial charge in [0.25, 0.3) is 5.56 Å². The van der Waals surface area contributed by atoms with E-state index in [0.717, 1.165) is 10.4 Å². The van der Waals surface area contributed by atoms with Crippen molar-refractivity contribution in [1.82, 2.24) is 9.97 Å². The van der Waals surface area contributed by atoms with Crippen LogP contribution in [0.4, 0.5) is 5.95 Å². The Balaban J connectivity index is 1.88. The second-order valence-corrected chi connectivity index (χ2v) is 6.24. The molecule has 1 aromatic carbocycles. The summed E-state index contributed by atoms with van der Waals surface area (Å²) >= 11 is 1.41. The second kappa shape index (κ2) is 7.50. The second-order valence-electron chi connectivity index (χ2n) is 5.30. The molecule has 2 aromatic heterocycles. The first kappa shape index (κ1) is 17.2. The molecule has 0 aliphatic rings. The molecule has 0 saturated heterocycles. The van der Waals surface area contributed by atoms with Crippen molar-refractivity contribution >= 4 is 23.1 Å². The molecule has 0 aliphatic heterocycles. The highest BCUT2D eigenvalue weighted by Crippen LogP contribution is 2.24. The van der Waals surface area contributed by atoms with E-state index in [-0.39, 0.29) is 17.3 Å². The van der Waals surface area contributed by atoms with Crippen molar-refractivity contribution < 1.29 is 0 Å². The first-order valence-electron chi connectivity index (χ1n) is 7.57. The van der Waals surface area contributed by atoms with Gasteiger partial charge in [-0.3, -0.25) is 9.78 Å². The van der Waals surface area contributed by atoms with Crippen LogP contribution in [0.2, 0.25) is 0 Å². The van der Waals surface area contributed by atoms with Crippen molar-refractivity contribution in [1.29, 1.82) is 5.26 Å². The molecule has 0 fully saturated rings. The van der Waals surface area contributed by atoms with Gasteiger partial charge in [-0.25, -0.2) is 4.98 Å². The number of thiophene rings is 1. The maximum atomic E-state index is 12.2. The third-order valence-electron chi connectivity index (χ3n) is 3.61. The van der Waals surface area contributed by atoms with Gasteiger partial charge in [-0.2, -0.15) is 10.4 Å². The van der Waals surface area contributed by atoms with E-state index >= 15 is 0 Å². The summed E-state index contributed by atoms with van der Waals surface area (Å²) in [5.41, 5.74) is 7.19. The number of anilines is 1. The lowest BCUT2D eigenvalue weighted by atomic mass is 10.1. The summed E-state index contributed by atoms with van der Waals surface area (Å²) in [6.07, 6.45) is 0. The highest BCUT2D eigenvalue weighted by Gasteiger charge is 2.14. The molecule has 6 N–H and O–H groups in total. The predicted molar refractivity (Wildman–Crippen MR) is 102 cm³/mol. The number of nitrogens with zero attached hydrogens (tertiary/aromatic N) is 3. The molecule has 0 aliphatic carbocycles. The summed E-state index contributed by atoms with van der Waals surface area (Å²) in [7, 11) is 0. The van der Waals surface area contributed by atoms with Crippen molar-refractivity contribution in [2.24, 2.45) is 16.7 Å². The van der Waals surface area contributed by atoms with Gasteiger partial charge in [0.2, 0.25) is 5.95 Å². The molecule has 130 valence electrons. The van der Waals surface area contributed by atoms with Crippen molar-refractivity contribution in [3.8, 4) is 16.6 Å². The molecular weight excluding hydrogens is 350 g/mol. The van der Waals surface area contributed by atoms with Crippen LogP contribution in [0.3, 0.4) is 0 Å². The Kier molecular flexibility index (Phi) is 4.96. The zero-order valence-corrected chi connectivity index (χ0v) is 14.4. The molecule has 0 spiro atoms. The Morgan fingerprint density at radius 2 is 2.23 bits per heavy atom. The van der Waals surface area contributed by atoms with Gasteiger partial charge < -0.3 is 16.9 Å². The molecule has 0 radical (unpaired) electrons. The van der Waals surface area contributed by atoms with Crippen LogP contribution in [0, 0.1) is 11.3 Å². The number of H-pyrrole nitrogens is 1. The van der Waals surface area contributed by atoms with Crippen LogP contribution in [0.1, 0.15) is 16.7 Å². The number of aromatic amines is 1. The largest absolute Gasteiger partial charge is 0.382 e. The normalized spacial score (nSPS) is 11.1. The SMILES string of the molecule is N#Cc1c(-c2cccs2)nc(NCc2cccc(/C(N)=N/N)c2)[nH]c1=O. The molecule has 0 amide bonds. The topological polar surface area (TPSA) is 146 Å². The number of rotatable bonds is 5. The molecule has 0 unspecified atom stereocenters. The van der Waals surface area contributed by atoms with Crippen molar-refractivity contribution in [3.05, 3.63) is 68.8 Å². The maximum Gasteiger partial charge on any atom is 0.270 e. The smallest absolute Gasteiger partial charge is 0.270 e. The van der Waals surface area contributed by atoms with Crippen LogP contribution < -0.4 is 22.5 Å². The van der Waals surface area contributed by atoms with Gasteiger partial charge in [-0.15, -0.1) is 11.3 Å². The third kappa shape index (κ3) is 3.55. The van der Waals surface area contributed by atoms with Gasteiger partial charge >= 0.3 is 0 Å². The fourth-order valence-corrected chi connectivity index (χ4v) is 3.07. The van der Waals surface area contributed by atoms with Gasteiger partial charge in [0, 0.05) is 12.1 Å². The lowest BCUT2D eigenvalue weighted by Crippen LogP contribution is -2.18. The number of hydrogen-bond acceptors (Lipinski definition) is 7. The fourth-order valence-electron chi connectivity index (χ4n) is 2.35. The molecule has 9 heteroatoms. The van der Waals surface area contributed by atoms with Crippen LogP contribution in [-0.2, 0) is 6.54 Å². The highest BCUT2D eigenvalue weighted by atomic mass is 32.1. The minimum atomic E-state index is -0.485. The van der Waals surface area contributed by atoms with Crippen LogP contribution in [-0.4, -0.2) is 15.8 Å². The Bertz CT molecular complexity index is 1050. The third-order valence-corrected chi connectivity index (χ3v) is 4.48. The first-order valence-corrected chi connectivity index (χ1v) is 8.45. The number of nitrogens with two attached hydrogens (primary N) is 2. The first-order chi connectivity index (χ1) is 12.6. The van der Waals surface area contributed by atoms with E-state index in [0.29, 0.717) is 17.8 Å². The van der Waals surface area contributed by atoms with E-state index in [1.165, 1.54) is 11.3 Å². The monoisotopic (exact) mass is 365 g/mol. The molecule has 3 rings (SSSR count). The van der Waals surface area contributed by atoms with E-state index in [9.17, 15) is 10.1 Å². The molecule has 3 aromatic rings. The molecule has 2 heterocycles. The van der Waals surface area contributed by atoms with Gasteiger partial charge in [-0.1, -0.05) is 24.3 Å². The number of hydrazone groups is 1. The van der Waals surface area contributed by atoms with Crippen LogP contribution >= 0.6 is 11.3 Å². The Morgan fingerprint density at radius 1 is 1.38 bits per heavy atom. The van der Waals surface area contributed by atoms with E-state index in [4.69, 9.17) is 11.6 Å². The summed E-state index contributed by atoms with van der Waals surface area (Å²) in [4.78, 5) is 19.9. The van der Waals surface area contributed by atoms with Crippen molar-refractivity contribution in [3.63, 3.8) is 0 Å². The van der Waals surface area contributed by atoms with Crippen LogP contribution in [0.5, 0.6) is 0 Å². The van der Waals surface area contributed by atoms with E-state index in [1.807, 2.05) is 41.8 Å². The van der Waals surface area contributed by atoms with Gasteiger partial charge in [-0.05, 0) is 23.1 Å². The van der Waals surface area contributed by atoms with Crippen LogP contribution in [0.25, 0.3) is 10.6 Å². The molecule has 26 heavy (non-hydrogen) atoms. The summed E-state index contributed by atoms with van der Waals surface area (Å²) in [6, 6.07) is 12.9. The molecule has 0 bridgehead atoms. The minimum Gasteiger partial charge on any atom is -0.382 e. The lowest BCUT2D eigenvalue weighted by Gasteiger charge is -2.09. The van der Waals surface area contributed by atoms with Gasteiger partial charge in [0.15, 0.2) is 0 Å². The molecule has 0 atom stereocenters. The molecular formula is C17H15N7OS. The van der Waals surface area contributed by atoms with Crippen molar-refractivity contribution in [2.75, 3.05) is 5.32 Å². The number of aromatic nitrogens is 2. The molecule has 0 saturated carbocycles. The minimum absolute atomic E-state index is 0.00747. The quantitative estimate of drug-likeness (QED) is 0.233. The molecule has 8 nitrogen and oxygen atoms in total. The highest BCUT2D eigenvalue weighted by molar-refractivity contribution is 7.13. The van der Waals surface area contributed by atoms with E-state index in [2.05, 4.69) is 20.4 Å². The summed E-state index contributed by atoms with van der Waals surface area (Å²) in [5, 5.41) is 17.6. The van der Waals surface area contributed by atoms with Gasteiger partial charge in [0.1, 0.15) is 23.2 Å². The van der Waals surface area contributed by atoms with E-state index < -0.39 is 5.56 Å². The average molecular weight is 365 g/mol. The number of benzene rings is 1. The fraction of sp³-hybridized carbons (Fsp3) is 0.0588. The van der Waals surface area contributed by atoms with Gasteiger partial charge in [0.05, 0.1) is 4.88 Å². The Labute approximate surface area is 152 Å². The zero-order valence-electron chi connectivity index (χ0n) is 13.6. The van der Waals surface area contributed by atoms with Crippen LogP contribution in [0.15, 0.2) is 51.7 Å². The summed E-state index contributed by atoms with van der Waals surface area (Å²) in [6.45, 7) is 0.393. The Hall–Kier alpha value is -3.64. The predicted octanol–water partition coefficient (Wildman–Crippen LogP) is 1.56. The Morgan fingerprint density at radius 3 is 2.92 bits per heavy atom. The summed E-state index contributed by atoms with van der Waals surface area (Å²) < 4.78 is 0. The van der Waals surface area contributed by atoms with Crippen molar-refractivity contribution in [2.45, 2.75) is 6.54 Å². The van der Waals surface area contributed by atoms with E-state index in [1.54, 1.807) is 6.07 Å². The number of amidine groups is 1. The maximum absolute atomic E-state index is 12.2. The number of hydrogen-bond donors (Lipinski definition) is 4. The number of nitriles is 1. The summed E-state index contributed by atoms with van der Waals surface area (Å²) in [5.74, 6) is 5.71. The zero-order chi connectivity index (χ0) is 18.5. The average Bonchev–Trinajstić information content (AvgIpc) is 3.20.